The van der Waals surface area contributed by atoms with Crippen LogP contribution in [0.5, 0.6) is 0 Å². The lowest BCUT2D eigenvalue weighted by Gasteiger charge is -2.38. The van der Waals surface area contributed by atoms with Crippen LogP contribution in [0.1, 0.15) is 24.9 Å². The van der Waals surface area contributed by atoms with Crippen LogP contribution in [0.3, 0.4) is 0 Å². The molecule has 10 heteroatoms. The van der Waals surface area contributed by atoms with Gasteiger partial charge in [0.1, 0.15) is 5.82 Å². The van der Waals surface area contributed by atoms with Gasteiger partial charge in [0.15, 0.2) is 0 Å². The SMILES string of the molecule is CC1CN(C(CNC(=O)CCn2c(=O)[nH]c(=O)c3ccccc32)c2c(F)cccc2Cl)CCO1. The Labute approximate surface area is 200 Å². The Kier molecular flexibility index (Phi) is 7.45. The van der Waals surface area contributed by atoms with Gasteiger partial charge >= 0.3 is 5.69 Å². The highest BCUT2D eigenvalue weighted by Gasteiger charge is 2.29. The van der Waals surface area contributed by atoms with Gasteiger partial charge in [-0.05, 0) is 31.2 Å². The predicted octanol–water partition coefficient (Wildman–Crippen LogP) is 2.45. The maximum absolute atomic E-state index is 14.7. The van der Waals surface area contributed by atoms with Crippen molar-refractivity contribution in [2.24, 2.45) is 0 Å². The van der Waals surface area contributed by atoms with E-state index in [-0.39, 0.29) is 31.5 Å². The number of hydrogen-bond donors (Lipinski definition) is 2. The van der Waals surface area contributed by atoms with Gasteiger partial charge in [0, 0.05) is 43.2 Å². The number of aromatic amines is 1. The molecule has 1 aliphatic rings. The monoisotopic (exact) mass is 488 g/mol. The third kappa shape index (κ3) is 5.22. The topological polar surface area (TPSA) is 96.4 Å². The fraction of sp³-hybridized carbons (Fsp3) is 0.375. The van der Waals surface area contributed by atoms with Crippen molar-refractivity contribution in [1.29, 1.82) is 0 Å². The predicted molar refractivity (Wildman–Crippen MR) is 128 cm³/mol. The first-order valence-corrected chi connectivity index (χ1v) is 11.5. The number of aromatic nitrogens is 2. The fourth-order valence-corrected chi connectivity index (χ4v) is 4.64. The lowest BCUT2D eigenvalue weighted by atomic mass is 10.0. The summed E-state index contributed by atoms with van der Waals surface area (Å²) in [6.07, 6.45) is -0.0226. The zero-order chi connectivity index (χ0) is 24.2. The molecule has 4 rings (SSSR count). The van der Waals surface area contributed by atoms with Gasteiger partial charge in [-0.2, -0.15) is 0 Å². The van der Waals surface area contributed by atoms with Crippen molar-refractivity contribution in [2.45, 2.75) is 32.0 Å². The third-order valence-electron chi connectivity index (χ3n) is 6.01. The molecule has 0 radical (unpaired) electrons. The Morgan fingerprint density at radius 2 is 2.06 bits per heavy atom. The number of benzene rings is 2. The highest BCUT2D eigenvalue weighted by atomic mass is 35.5. The quantitative estimate of drug-likeness (QED) is 0.532. The Hall–Kier alpha value is -3.01. The molecule has 3 aromatic rings. The molecule has 1 amide bonds. The summed E-state index contributed by atoms with van der Waals surface area (Å²) >= 11 is 6.34. The molecule has 8 nitrogen and oxygen atoms in total. The summed E-state index contributed by atoms with van der Waals surface area (Å²) in [6.45, 7) is 3.82. The van der Waals surface area contributed by atoms with Gasteiger partial charge in [0.05, 0.1) is 29.7 Å². The van der Waals surface area contributed by atoms with Crippen molar-refractivity contribution in [3.8, 4) is 0 Å². The van der Waals surface area contributed by atoms with Crippen LogP contribution in [0.25, 0.3) is 10.9 Å². The highest BCUT2D eigenvalue weighted by molar-refractivity contribution is 6.31. The molecule has 0 spiro atoms. The summed E-state index contributed by atoms with van der Waals surface area (Å²) in [6, 6.07) is 10.8. The number of rotatable bonds is 7. The molecule has 2 atom stereocenters. The second kappa shape index (κ2) is 10.5. The Balaban J connectivity index is 1.49. The van der Waals surface area contributed by atoms with Gasteiger partial charge in [-0.1, -0.05) is 29.8 Å². The van der Waals surface area contributed by atoms with E-state index >= 15 is 0 Å². The molecule has 0 bridgehead atoms. The van der Waals surface area contributed by atoms with Gasteiger partial charge in [-0.25, -0.2) is 9.18 Å². The standard InChI is InChI=1S/C24H26ClFN4O4/c1-15-14-29(11-12-34-15)20(22-17(25)6-4-7-18(22)26)13-27-21(31)9-10-30-19-8-3-2-5-16(19)23(32)28-24(30)33/h2-8,15,20H,9-14H2,1H3,(H,27,31)(H,28,32,33). The molecular weight excluding hydrogens is 463 g/mol. The largest absolute Gasteiger partial charge is 0.376 e. The number of halogens is 2. The van der Waals surface area contributed by atoms with Crippen LogP contribution in [0.15, 0.2) is 52.1 Å². The molecule has 1 aliphatic heterocycles. The van der Waals surface area contributed by atoms with Gasteiger partial charge in [0.2, 0.25) is 5.91 Å². The van der Waals surface area contributed by atoms with Crippen LogP contribution in [0.4, 0.5) is 4.39 Å². The van der Waals surface area contributed by atoms with Crippen LogP contribution >= 0.6 is 11.6 Å². The number of aryl methyl sites for hydroxylation is 1. The van der Waals surface area contributed by atoms with E-state index in [1.54, 1.807) is 36.4 Å². The first kappa shape index (κ1) is 24.1. The average molecular weight is 489 g/mol. The number of ether oxygens (including phenoxy) is 1. The lowest BCUT2D eigenvalue weighted by molar-refractivity contribution is -0.121. The number of carbonyl (C=O) groups is 1. The summed E-state index contributed by atoms with van der Waals surface area (Å²) in [5, 5.41) is 3.53. The summed E-state index contributed by atoms with van der Waals surface area (Å²) in [5.41, 5.74) is -0.246. The molecule has 34 heavy (non-hydrogen) atoms. The van der Waals surface area contributed by atoms with E-state index in [9.17, 15) is 18.8 Å². The van der Waals surface area contributed by atoms with Crippen molar-refractivity contribution in [1.82, 2.24) is 19.8 Å². The van der Waals surface area contributed by atoms with E-state index in [0.717, 1.165) is 0 Å². The smallest absolute Gasteiger partial charge is 0.328 e. The number of amides is 1. The molecular formula is C24H26ClFN4O4. The summed E-state index contributed by atoms with van der Waals surface area (Å²) < 4.78 is 21.7. The summed E-state index contributed by atoms with van der Waals surface area (Å²) in [5.74, 6) is -0.738. The van der Waals surface area contributed by atoms with E-state index in [2.05, 4.69) is 15.2 Å². The molecule has 1 saturated heterocycles. The summed E-state index contributed by atoms with van der Waals surface area (Å²) in [7, 11) is 0. The van der Waals surface area contributed by atoms with Gasteiger partial charge in [0.25, 0.3) is 5.56 Å². The zero-order valence-electron chi connectivity index (χ0n) is 18.7. The fourth-order valence-electron chi connectivity index (χ4n) is 4.35. The summed E-state index contributed by atoms with van der Waals surface area (Å²) in [4.78, 5) is 41.4. The molecule has 1 aromatic heterocycles. The number of hydrogen-bond acceptors (Lipinski definition) is 5. The van der Waals surface area contributed by atoms with Gasteiger partial charge in [-0.3, -0.25) is 24.0 Å². The average Bonchev–Trinajstić information content (AvgIpc) is 2.80. The highest BCUT2D eigenvalue weighted by Crippen LogP contribution is 2.31. The first-order chi connectivity index (χ1) is 16.3. The Bertz CT molecular complexity index is 1290. The minimum atomic E-state index is -0.574. The number of H-pyrrole nitrogens is 1. The van der Waals surface area contributed by atoms with E-state index in [4.69, 9.17) is 16.3 Å². The van der Waals surface area contributed by atoms with Crippen LogP contribution < -0.4 is 16.6 Å². The van der Waals surface area contributed by atoms with Crippen LogP contribution in [0.2, 0.25) is 5.02 Å². The van der Waals surface area contributed by atoms with Crippen molar-refractivity contribution in [2.75, 3.05) is 26.2 Å². The molecule has 2 N–H and O–H groups in total. The maximum Gasteiger partial charge on any atom is 0.328 e. The molecule has 1 fully saturated rings. The van der Waals surface area contributed by atoms with E-state index in [0.29, 0.717) is 41.2 Å². The number of nitrogens with one attached hydrogen (secondary N) is 2. The van der Waals surface area contributed by atoms with Crippen molar-refractivity contribution in [3.05, 3.63) is 79.7 Å². The Morgan fingerprint density at radius 1 is 1.26 bits per heavy atom. The molecule has 2 aromatic carbocycles. The number of carbonyl (C=O) groups excluding carboxylic acids is 1. The van der Waals surface area contributed by atoms with E-state index < -0.39 is 23.1 Å². The van der Waals surface area contributed by atoms with Gasteiger partial charge in [-0.15, -0.1) is 0 Å². The number of para-hydroxylation sites is 1. The van der Waals surface area contributed by atoms with Gasteiger partial charge < -0.3 is 10.1 Å². The van der Waals surface area contributed by atoms with Crippen LogP contribution in [-0.2, 0) is 16.1 Å². The molecule has 2 unspecified atom stereocenters. The number of fused-ring (bicyclic) bond motifs is 1. The van der Waals surface area contributed by atoms with Crippen molar-refractivity contribution < 1.29 is 13.9 Å². The van der Waals surface area contributed by atoms with Crippen LogP contribution in [-0.4, -0.2) is 52.7 Å². The second-order valence-electron chi connectivity index (χ2n) is 8.31. The Morgan fingerprint density at radius 3 is 2.82 bits per heavy atom. The number of morpholine rings is 1. The van der Waals surface area contributed by atoms with Crippen molar-refractivity contribution in [3.63, 3.8) is 0 Å². The maximum atomic E-state index is 14.7. The lowest BCUT2D eigenvalue weighted by Crippen LogP contribution is -2.47. The third-order valence-corrected chi connectivity index (χ3v) is 6.34. The molecule has 2 heterocycles. The second-order valence-corrected chi connectivity index (χ2v) is 8.72. The minimum Gasteiger partial charge on any atom is -0.376 e. The zero-order valence-corrected chi connectivity index (χ0v) is 19.5. The number of nitrogens with zero attached hydrogens (tertiary/aromatic N) is 2. The van der Waals surface area contributed by atoms with Crippen molar-refractivity contribution >= 4 is 28.4 Å². The van der Waals surface area contributed by atoms with E-state index in [1.807, 2.05) is 6.92 Å². The normalized spacial score (nSPS) is 17.6. The molecule has 0 saturated carbocycles. The van der Waals surface area contributed by atoms with E-state index in [1.165, 1.54) is 10.6 Å². The minimum absolute atomic E-state index is 0.00713. The molecule has 180 valence electrons. The van der Waals surface area contributed by atoms with Crippen LogP contribution in [0, 0.1) is 5.82 Å². The first-order valence-electron chi connectivity index (χ1n) is 11.1. The molecule has 0 aliphatic carbocycles.